The Morgan fingerprint density at radius 2 is 0.753 bits per heavy atom. The largest absolute Gasteiger partial charge is 0.493 e. The van der Waals surface area contributed by atoms with Gasteiger partial charge in [-0.15, -0.1) is 5.10 Å². The first-order valence-corrected chi connectivity index (χ1v) is 46.0. The Bertz CT molecular complexity index is 6870. The molecule has 28 nitrogen and oxygen atoms in total. The Labute approximate surface area is 826 Å². The van der Waals surface area contributed by atoms with E-state index >= 15 is 0 Å². The number of nitriles is 1. The van der Waals surface area contributed by atoms with Crippen molar-refractivity contribution in [2.24, 2.45) is 5.92 Å². The Kier molecular flexibility index (Phi) is 38.0. The lowest BCUT2D eigenvalue weighted by Crippen LogP contribution is -2.44. The fraction of sp³-hybridized carbons (Fsp3) is 0.288. The van der Waals surface area contributed by atoms with Crippen LogP contribution in [0.2, 0.25) is 0 Å². The van der Waals surface area contributed by atoms with Gasteiger partial charge in [-0.2, -0.15) is 69.7 Å². The highest BCUT2D eigenvalue weighted by Gasteiger charge is 2.39. The molecule has 6 aromatic heterocycles. The summed E-state index contributed by atoms with van der Waals surface area (Å²) in [5.41, 5.74) is 9.05. The van der Waals surface area contributed by atoms with E-state index in [-0.39, 0.29) is 102 Å². The van der Waals surface area contributed by atoms with Gasteiger partial charge >= 0.3 is 24.5 Å². The normalized spacial score (nSPS) is 12.0. The van der Waals surface area contributed by atoms with Gasteiger partial charge in [-0.1, -0.05) is 186 Å². The summed E-state index contributed by atoms with van der Waals surface area (Å²) in [5, 5.41) is 48.9. The van der Waals surface area contributed by atoms with E-state index in [0.29, 0.717) is 70.9 Å². The van der Waals surface area contributed by atoms with Crippen LogP contribution < -0.4 is 29.0 Å². The predicted octanol–water partition coefficient (Wildman–Crippen LogP) is 23.8. The van der Waals surface area contributed by atoms with E-state index in [1.165, 1.54) is 42.9 Å². The van der Waals surface area contributed by atoms with Gasteiger partial charge in [0.05, 0.1) is 54.2 Å². The fourth-order valence-corrected chi connectivity index (χ4v) is 14.4. The second-order valence-electron chi connectivity index (χ2n) is 32.6. The lowest BCUT2D eigenvalue weighted by Gasteiger charge is -2.37. The lowest BCUT2D eigenvalue weighted by atomic mass is 10.0. The molecule has 1 fully saturated rings. The number of rotatable bonds is 39. The number of nitrogens with zero attached hydrogens (tertiary/aromatic N) is 15. The van der Waals surface area contributed by atoms with Crippen LogP contribution >= 0.6 is 0 Å². The summed E-state index contributed by atoms with van der Waals surface area (Å²) in [6.07, 6.45) is -8.37. The smallest absolute Gasteiger partial charge is 0.419 e. The first-order valence-electron chi connectivity index (χ1n) is 46.0. The van der Waals surface area contributed by atoms with Crippen molar-refractivity contribution in [2.45, 2.75) is 104 Å². The number of aliphatic carboxylic acids is 1. The summed E-state index contributed by atoms with van der Waals surface area (Å²) in [4.78, 5) is 34.4. The van der Waals surface area contributed by atoms with Crippen LogP contribution in [0.4, 0.5) is 61.5 Å². The number of carbonyl (C=O) groups is 1. The van der Waals surface area contributed by atoms with Crippen LogP contribution in [0.5, 0.6) is 28.7 Å². The number of hydrogen-bond donors (Lipinski definition) is 2. The molecule has 1 aliphatic rings. The number of alkyl halides is 14. The number of aryl methyl sites for hydroxylation is 3. The number of aromatic nitrogens is 13. The predicted molar refractivity (Wildman–Crippen MR) is 508 cm³/mol. The van der Waals surface area contributed by atoms with Crippen LogP contribution in [0.1, 0.15) is 103 Å². The molecule has 762 valence electrons. The van der Waals surface area contributed by atoms with E-state index in [1.54, 1.807) is 47.1 Å². The first-order chi connectivity index (χ1) is 70.5. The molecular formula is C104H96F14N16O12. The van der Waals surface area contributed by atoms with Crippen molar-refractivity contribution in [1.29, 1.82) is 5.26 Å². The zero-order valence-electron chi connectivity index (χ0n) is 78.9. The van der Waals surface area contributed by atoms with E-state index in [1.807, 2.05) is 135 Å². The molecule has 17 rings (SSSR count). The highest BCUT2D eigenvalue weighted by molar-refractivity contribution is 5.69. The van der Waals surface area contributed by atoms with Gasteiger partial charge in [-0.3, -0.25) is 14.1 Å². The van der Waals surface area contributed by atoms with E-state index in [4.69, 9.17) is 51.4 Å². The molecule has 0 atom stereocenters. The van der Waals surface area contributed by atoms with Crippen LogP contribution in [0, 0.1) is 17.2 Å². The first kappa shape index (κ1) is 107. The van der Waals surface area contributed by atoms with Crippen molar-refractivity contribution in [1.82, 2.24) is 75.9 Å². The molecule has 1 saturated heterocycles. The van der Waals surface area contributed by atoms with Gasteiger partial charge in [0.15, 0.2) is 0 Å². The number of hydrogen-bond acceptors (Lipinski definition) is 26. The highest BCUT2D eigenvalue weighted by atomic mass is 19.4. The SMILES string of the molecule is CC1CN(Cc2ccc(-c3noc(-c4ccc(OCCF)cc4)n3)cc2)C1.CCCc1cn(Cc2ccc(-c3noc(-c4ccc(OCCF)c(C(F)(F)F)c4)n3)cc2)nn1.CCc1ccc(-c2noc(-c3ccc(OCCCF)c(C(F)(F)F)c3)n2)cc1.CCc1ccc(-c2noc(-c3ccc(OCCF)c(C(F)(F)F)c3)n2)cc1.N#Cc1cc(-c2nc(-c3ccc(CNCCC(=O)O)cc3)no2)ccc1OCCF. The molecule has 7 heterocycles. The highest BCUT2D eigenvalue weighted by Crippen LogP contribution is 2.43. The Morgan fingerprint density at radius 3 is 1.11 bits per heavy atom. The Balaban J connectivity index is 0.000000153. The van der Waals surface area contributed by atoms with Crippen molar-refractivity contribution in [3.05, 3.63) is 280 Å². The molecule has 0 spiro atoms. The fourth-order valence-electron chi connectivity index (χ4n) is 14.4. The molecule has 42 heteroatoms. The molecule has 0 aliphatic carbocycles. The molecule has 0 bridgehead atoms. The topological polar surface area (TPSA) is 348 Å². The van der Waals surface area contributed by atoms with E-state index < -0.39 is 99.3 Å². The minimum atomic E-state index is -4.69. The van der Waals surface area contributed by atoms with E-state index in [9.17, 15) is 71.5 Å². The van der Waals surface area contributed by atoms with Gasteiger partial charge in [0.2, 0.25) is 29.1 Å². The number of nitrogens with one attached hydrogen (secondary N) is 1. The number of likely N-dealkylation sites (tertiary alicyclic amines) is 1. The summed E-state index contributed by atoms with van der Waals surface area (Å²) in [7, 11) is 0. The number of carboxylic acid groups (broad SMARTS) is 1. The zero-order valence-corrected chi connectivity index (χ0v) is 78.9. The molecule has 0 amide bonds. The van der Waals surface area contributed by atoms with Gasteiger partial charge < -0.3 is 56.7 Å². The quantitative estimate of drug-likeness (QED) is 0.0267. The minimum Gasteiger partial charge on any atom is -0.493 e. The van der Waals surface area contributed by atoms with Gasteiger partial charge in [-0.05, 0) is 150 Å². The number of ether oxygens (including phenoxy) is 5. The third kappa shape index (κ3) is 30.3. The Morgan fingerprint density at radius 1 is 0.418 bits per heavy atom. The van der Waals surface area contributed by atoms with Crippen LogP contribution in [0.3, 0.4) is 0 Å². The van der Waals surface area contributed by atoms with Crippen LogP contribution in [0.25, 0.3) is 114 Å². The maximum absolute atomic E-state index is 13.4. The molecule has 2 N–H and O–H groups in total. The maximum atomic E-state index is 13.4. The van der Waals surface area contributed by atoms with Crippen molar-refractivity contribution in [3.8, 4) is 149 Å². The van der Waals surface area contributed by atoms with Gasteiger partial charge in [0, 0.05) is 101 Å². The van der Waals surface area contributed by atoms with Gasteiger partial charge in [0.1, 0.15) is 87.9 Å². The van der Waals surface area contributed by atoms with Crippen molar-refractivity contribution < 1.29 is 118 Å². The molecule has 146 heavy (non-hydrogen) atoms. The number of benzene rings is 10. The molecule has 0 saturated carbocycles. The zero-order chi connectivity index (χ0) is 104. The second-order valence-corrected chi connectivity index (χ2v) is 32.6. The number of carboxylic acids is 1. The summed E-state index contributed by atoms with van der Waals surface area (Å²) >= 11 is 0. The summed E-state index contributed by atoms with van der Waals surface area (Å²) in [6.45, 7) is 8.51. The maximum Gasteiger partial charge on any atom is 0.419 e. The molecule has 16 aromatic rings. The Hall–Kier alpha value is -16.1. The molecule has 0 radical (unpaired) electrons. The molecule has 1 aliphatic heterocycles. The summed E-state index contributed by atoms with van der Waals surface area (Å²) < 4.78 is 235. The molecule has 0 unspecified atom stereocenters. The van der Waals surface area contributed by atoms with Crippen molar-refractivity contribution in [3.63, 3.8) is 0 Å². The van der Waals surface area contributed by atoms with Crippen LogP contribution in [-0.4, -0.2) is 168 Å². The van der Waals surface area contributed by atoms with E-state index in [2.05, 4.69) is 97.2 Å². The average molecular weight is 2030 g/mol. The van der Waals surface area contributed by atoms with Crippen molar-refractivity contribution in [2.75, 3.05) is 86.0 Å². The van der Waals surface area contributed by atoms with Crippen LogP contribution in [-0.2, 0) is 62.2 Å². The molecule has 10 aromatic carbocycles. The third-order valence-corrected chi connectivity index (χ3v) is 21.8. The second kappa shape index (κ2) is 51.8. The minimum absolute atomic E-state index is 0.0168. The summed E-state index contributed by atoms with van der Waals surface area (Å²) in [5.74, 6) is 1.91. The molecular weight excluding hydrogens is 1930 g/mol. The standard InChI is InChI=1S/C23H21F4N5O2.C21H19FN4O4.C21H22FN3O2.C20H18F4N2O2.C19H16F4N2O2/c1-2-3-18-14-32(31-29-18)13-15-4-6-16(7-5-15)21-28-22(34-30-21)17-8-9-20(33-11-10-24)19(12-17)23(25,26)27;22-8-10-29-18-6-5-16(11-17(18)12-23)21-25-20(26-30-21)15-3-1-14(2-4-15)13-24-9-7-19(27)28;1-15-12-25(13-15)14-16-2-4-17(5-3-16)20-23-21(27-24-20)18-6-8-19(9-7-18)26-11-10-22;1-2-13-4-6-14(7-5-13)18-25-19(28-26-18)15-8-9-17(27-11-3-10-21)16(12-15)20(22,23)24;1-2-12-3-5-13(6-4-12)17-24-18(27-25-17)14-7-8-16(26-10-9-20)15(11-14)19(21,22)23/h4-9,12,14H,2-3,10-11,13H2,1H3;1-6,11,24H,7-10,13H2,(H,27,28);2-9,15H,10-14H2,1H3;4-9,12H,2-3,10-11H2,1H3;3-8,11H,2,9-10H2,1H3. The van der Waals surface area contributed by atoms with Crippen LogP contribution in [0.15, 0.2) is 247 Å². The monoisotopic (exact) mass is 2030 g/mol. The third-order valence-electron chi connectivity index (χ3n) is 21.8. The lowest BCUT2D eigenvalue weighted by molar-refractivity contribution is -0.139. The summed E-state index contributed by atoms with van der Waals surface area (Å²) in [6, 6.07) is 62.2. The average Bonchev–Trinajstić information content (AvgIpc) is 1.60. The number of halogens is 14. The van der Waals surface area contributed by atoms with E-state index in [0.717, 1.165) is 113 Å². The van der Waals surface area contributed by atoms with Gasteiger partial charge in [0.25, 0.3) is 29.5 Å². The van der Waals surface area contributed by atoms with Crippen molar-refractivity contribution >= 4 is 5.97 Å². The van der Waals surface area contributed by atoms with Gasteiger partial charge in [-0.25, -0.2) is 22.2 Å².